The smallest absolute Gasteiger partial charge is 0.0645 e. The molecule has 0 atom stereocenters. The maximum atomic E-state index is 4.45. The van der Waals surface area contributed by atoms with Gasteiger partial charge in [0.25, 0.3) is 0 Å². The third-order valence-corrected chi connectivity index (χ3v) is 9.63. The molecule has 0 fully saturated rings. The minimum absolute atomic E-state index is 1.07. The first kappa shape index (κ1) is 24.5. The number of fused-ring (bicyclic) bond motifs is 8. The molecule has 7 aromatic carbocycles. The van der Waals surface area contributed by atoms with Crippen LogP contribution in [0.2, 0.25) is 0 Å². The van der Waals surface area contributed by atoms with E-state index in [4.69, 9.17) is 0 Å². The van der Waals surface area contributed by atoms with E-state index in [2.05, 4.69) is 149 Å². The van der Waals surface area contributed by atoms with E-state index in [1.807, 2.05) is 18.5 Å². The first-order valence-electron chi connectivity index (χ1n) is 15.5. The molecule has 208 valence electrons. The van der Waals surface area contributed by atoms with Gasteiger partial charge in [0.15, 0.2) is 0 Å². The van der Waals surface area contributed by atoms with Crippen molar-refractivity contribution >= 4 is 43.4 Å². The molecule has 0 spiro atoms. The van der Waals surface area contributed by atoms with Crippen LogP contribution in [-0.4, -0.2) is 9.55 Å². The molecule has 2 heteroatoms. The number of hydrogen-bond acceptors (Lipinski definition) is 1. The Morgan fingerprint density at radius 3 is 1.80 bits per heavy atom. The fourth-order valence-electron chi connectivity index (χ4n) is 7.71. The molecule has 0 aliphatic heterocycles. The lowest BCUT2D eigenvalue weighted by atomic mass is 9.91. The number of pyridine rings is 1. The highest BCUT2D eigenvalue weighted by molar-refractivity contribution is 6.22. The molecular weight excluding hydrogens is 544 g/mol. The minimum atomic E-state index is 1.07. The molecule has 0 N–H and O–H groups in total. The van der Waals surface area contributed by atoms with Crippen molar-refractivity contribution in [2.24, 2.45) is 0 Å². The fourth-order valence-corrected chi connectivity index (χ4v) is 7.71. The molecule has 9 aromatic rings. The molecule has 0 saturated carbocycles. The molecule has 10 rings (SSSR count). The Kier molecular flexibility index (Phi) is 5.03. The van der Waals surface area contributed by atoms with E-state index < -0.39 is 0 Å². The van der Waals surface area contributed by atoms with Crippen LogP contribution in [0.4, 0.5) is 0 Å². The van der Waals surface area contributed by atoms with Gasteiger partial charge in [0.05, 0.1) is 22.9 Å². The van der Waals surface area contributed by atoms with Crippen molar-refractivity contribution in [1.82, 2.24) is 9.55 Å². The van der Waals surface area contributed by atoms with Crippen molar-refractivity contribution in [3.63, 3.8) is 0 Å². The van der Waals surface area contributed by atoms with Gasteiger partial charge in [-0.15, -0.1) is 0 Å². The standard InChI is InChI=1S/C43H26N2/c1-2-11-32-31(10-1)36-16-7-15-35-30(22-23-37(32)42(35)36)27-18-20-28(21-19-27)39-25-40-34-13-5-6-17-41(34)45(29-9-8-24-44-26-29)43(40)38-14-4-3-12-33(38)39/h1-26H. The summed E-state index contributed by atoms with van der Waals surface area (Å²) in [7, 11) is 0. The average Bonchev–Trinajstić information content (AvgIpc) is 3.63. The van der Waals surface area contributed by atoms with Gasteiger partial charge >= 0.3 is 0 Å². The van der Waals surface area contributed by atoms with E-state index in [9.17, 15) is 0 Å². The van der Waals surface area contributed by atoms with Gasteiger partial charge < -0.3 is 4.57 Å². The summed E-state index contributed by atoms with van der Waals surface area (Å²) in [6.07, 6.45) is 3.78. The summed E-state index contributed by atoms with van der Waals surface area (Å²) in [5.74, 6) is 0. The van der Waals surface area contributed by atoms with Crippen molar-refractivity contribution in [2.75, 3.05) is 0 Å². The molecule has 0 saturated heterocycles. The third kappa shape index (κ3) is 3.42. The number of hydrogen-bond donors (Lipinski definition) is 0. The Labute approximate surface area is 260 Å². The van der Waals surface area contributed by atoms with Crippen LogP contribution >= 0.6 is 0 Å². The van der Waals surface area contributed by atoms with Crippen LogP contribution in [0.25, 0.3) is 93.5 Å². The van der Waals surface area contributed by atoms with Crippen molar-refractivity contribution in [3.8, 4) is 50.2 Å². The molecule has 1 aliphatic carbocycles. The molecule has 0 unspecified atom stereocenters. The summed E-state index contributed by atoms with van der Waals surface area (Å²) < 4.78 is 2.36. The average molecular weight is 571 g/mol. The van der Waals surface area contributed by atoms with Gasteiger partial charge in [0.1, 0.15) is 0 Å². The summed E-state index contributed by atoms with van der Waals surface area (Å²) in [4.78, 5) is 4.45. The van der Waals surface area contributed by atoms with E-state index >= 15 is 0 Å². The first-order valence-corrected chi connectivity index (χ1v) is 15.5. The van der Waals surface area contributed by atoms with Gasteiger partial charge in [0.2, 0.25) is 0 Å². The van der Waals surface area contributed by atoms with Crippen LogP contribution in [0, 0.1) is 0 Å². The summed E-state index contributed by atoms with van der Waals surface area (Å²) in [5, 5.41) is 7.65. The van der Waals surface area contributed by atoms with Crippen LogP contribution in [0.3, 0.4) is 0 Å². The predicted octanol–water partition coefficient (Wildman–Crippen LogP) is 11.5. The van der Waals surface area contributed by atoms with E-state index in [1.165, 1.54) is 87.9 Å². The number of para-hydroxylation sites is 1. The largest absolute Gasteiger partial charge is 0.307 e. The van der Waals surface area contributed by atoms with Gasteiger partial charge in [-0.1, -0.05) is 121 Å². The monoisotopic (exact) mass is 570 g/mol. The second-order valence-corrected chi connectivity index (χ2v) is 11.9. The Morgan fingerprint density at radius 1 is 0.400 bits per heavy atom. The molecule has 1 aliphatic rings. The topological polar surface area (TPSA) is 17.8 Å². The first-order chi connectivity index (χ1) is 22.3. The lowest BCUT2D eigenvalue weighted by Gasteiger charge is -2.13. The van der Waals surface area contributed by atoms with Crippen LogP contribution < -0.4 is 0 Å². The second kappa shape index (κ2) is 9.25. The molecule has 2 nitrogen and oxygen atoms in total. The van der Waals surface area contributed by atoms with E-state index in [-0.39, 0.29) is 0 Å². The lowest BCUT2D eigenvalue weighted by molar-refractivity contribution is 1.15. The minimum Gasteiger partial charge on any atom is -0.307 e. The molecular formula is C43H26N2. The van der Waals surface area contributed by atoms with Gasteiger partial charge in [-0.3, -0.25) is 4.98 Å². The number of aromatic nitrogens is 2. The zero-order valence-corrected chi connectivity index (χ0v) is 24.4. The predicted molar refractivity (Wildman–Crippen MR) is 189 cm³/mol. The Balaban J connectivity index is 1.17. The Morgan fingerprint density at radius 2 is 1.02 bits per heavy atom. The van der Waals surface area contributed by atoms with E-state index in [1.54, 1.807) is 0 Å². The van der Waals surface area contributed by atoms with Gasteiger partial charge in [0, 0.05) is 22.4 Å². The third-order valence-electron chi connectivity index (χ3n) is 9.63. The van der Waals surface area contributed by atoms with E-state index in [0.29, 0.717) is 0 Å². The van der Waals surface area contributed by atoms with Crippen LogP contribution in [0.15, 0.2) is 158 Å². The summed E-state index contributed by atoms with van der Waals surface area (Å²) in [6, 6.07) is 53.3. The van der Waals surface area contributed by atoms with Crippen LogP contribution in [-0.2, 0) is 0 Å². The lowest BCUT2D eigenvalue weighted by Crippen LogP contribution is -1.95. The zero-order valence-electron chi connectivity index (χ0n) is 24.4. The molecule has 0 amide bonds. The molecule has 45 heavy (non-hydrogen) atoms. The highest BCUT2D eigenvalue weighted by atomic mass is 15.0. The number of rotatable bonds is 3. The molecule has 2 aromatic heterocycles. The van der Waals surface area contributed by atoms with Crippen molar-refractivity contribution in [1.29, 1.82) is 0 Å². The molecule has 0 radical (unpaired) electrons. The summed E-state index contributed by atoms with van der Waals surface area (Å²) in [6.45, 7) is 0. The summed E-state index contributed by atoms with van der Waals surface area (Å²) >= 11 is 0. The maximum absolute atomic E-state index is 4.45. The number of benzene rings is 7. The second-order valence-electron chi connectivity index (χ2n) is 11.9. The van der Waals surface area contributed by atoms with Crippen molar-refractivity contribution in [2.45, 2.75) is 0 Å². The summed E-state index contributed by atoms with van der Waals surface area (Å²) in [5.41, 5.74) is 13.8. The molecule has 2 heterocycles. The fraction of sp³-hybridized carbons (Fsp3) is 0. The molecule has 0 bridgehead atoms. The Bertz CT molecular complexity index is 2600. The van der Waals surface area contributed by atoms with E-state index in [0.717, 1.165) is 5.69 Å². The number of nitrogens with zero attached hydrogens (tertiary/aromatic N) is 2. The van der Waals surface area contributed by atoms with Crippen LogP contribution in [0.5, 0.6) is 0 Å². The SMILES string of the molecule is c1cncc(-n2c3ccccc3c3cc(-c4ccc(-c5ccc6c7c(cccc57)-c5ccccc5-6)cc4)c4ccccc4c32)c1. The maximum Gasteiger partial charge on any atom is 0.0645 e. The van der Waals surface area contributed by atoms with Gasteiger partial charge in [-0.25, -0.2) is 0 Å². The van der Waals surface area contributed by atoms with Gasteiger partial charge in [-0.05, 0) is 84.9 Å². The zero-order chi connectivity index (χ0) is 29.5. The van der Waals surface area contributed by atoms with Crippen molar-refractivity contribution in [3.05, 3.63) is 158 Å². The normalized spacial score (nSPS) is 12.0. The highest BCUT2D eigenvalue weighted by Crippen LogP contribution is 2.49. The van der Waals surface area contributed by atoms with Crippen LogP contribution in [0.1, 0.15) is 0 Å². The highest BCUT2D eigenvalue weighted by Gasteiger charge is 2.22. The Hall–Kier alpha value is -5.99. The quantitative estimate of drug-likeness (QED) is 0.207. The van der Waals surface area contributed by atoms with Crippen molar-refractivity contribution < 1.29 is 0 Å². The van der Waals surface area contributed by atoms with Gasteiger partial charge in [-0.2, -0.15) is 0 Å².